The molecule has 2 fully saturated rings. The third kappa shape index (κ3) is 4.85. The van der Waals surface area contributed by atoms with Crippen molar-refractivity contribution in [1.29, 1.82) is 0 Å². The number of carbonyl (C=O) groups is 2. The van der Waals surface area contributed by atoms with Crippen molar-refractivity contribution >= 4 is 27.3 Å². The van der Waals surface area contributed by atoms with Crippen molar-refractivity contribution in [2.45, 2.75) is 36.9 Å². The van der Waals surface area contributed by atoms with Gasteiger partial charge in [0.2, 0.25) is 11.8 Å². The summed E-state index contributed by atoms with van der Waals surface area (Å²) in [5.41, 5.74) is 0.524. The summed E-state index contributed by atoms with van der Waals surface area (Å²) in [6.45, 7) is 3.54. The Kier molecular flexibility index (Phi) is 5.83. The maximum atomic E-state index is 12.5. The number of amides is 2. The summed E-state index contributed by atoms with van der Waals surface area (Å²) in [7, 11) is -3.57. The lowest BCUT2D eigenvalue weighted by molar-refractivity contribution is -0.187. The molecule has 1 aromatic carbocycles. The molecule has 1 N–H and O–H groups in total. The molecule has 3 rings (SSSR count). The average molecular weight is 396 g/mol. The van der Waals surface area contributed by atoms with E-state index in [0.717, 1.165) is 0 Å². The number of nitrogens with zero attached hydrogens (tertiary/aromatic N) is 1. The summed E-state index contributed by atoms with van der Waals surface area (Å²) in [6.07, 6.45) is 1.15. The summed E-state index contributed by atoms with van der Waals surface area (Å²) in [5, 5.41) is 2.58. The molecule has 1 spiro atoms. The Hall–Kier alpha value is -1.97. The van der Waals surface area contributed by atoms with Crippen LogP contribution in [0.1, 0.15) is 26.2 Å². The summed E-state index contributed by atoms with van der Waals surface area (Å²) < 4.78 is 36.2. The van der Waals surface area contributed by atoms with Crippen molar-refractivity contribution in [3.63, 3.8) is 0 Å². The van der Waals surface area contributed by atoms with Crippen molar-refractivity contribution < 1.29 is 27.5 Å². The van der Waals surface area contributed by atoms with E-state index in [-0.39, 0.29) is 28.9 Å². The Morgan fingerprint density at radius 2 is 1.70 bits per heavy atom. The first-order valence-corrected chi connectivity index (χ1v) is 10.6. The van der Waals surface area contributed by atoms with Gasteiger partial charge in [-0.05, 0) is 24.3 Å². The number of likely N-dealkylation sites (tertiary alicyclic amines) is 1. The van der Waals surface area contributed by atoms with Crippen LogP contribution < -0.4 is 5.32 Å². The maximum absolute atomic E-state index is 12.5. The Morgan fingerprint density at radius 1 is 1.11 bits per heavy atom. The highest BCUT2D eigenvalue weighted by atomic mass is 32.2. The van der Waals surface area contributed by atoms with Crippen molar-refractivity contribution in [3.05, 3.63) is 24.3 Å². The van der Waals surface area contributed by atoms with E-state index in [1.54, 1.807) is 4.90 Å². The molecule has 2 aliphatic rings. The Bertz CT molecular complexity index is 790. The summed E-state index contributed by atoms with van der Waals surface area (Å²) in [4.78, 5) is 25.2. The molecule has 2 saturated heterocycles. The molecule has 148 valence electrons. The summed E-state index contributed by atoms with van der Waals surface area (Å²) in [6, 6.07) is 5.93. The molecule has 0 radical (unpaired) electrons. The minimum absolute atomic E-state index is 0.0650. The molecular weight excluding hydrogens is 372 g/mol. The van der Waals surface area contributed by atoms with Crippen molar-refractivity contribution in [3.8, 4) is 0 Å². The Morgan fingerprint density at radius 3 is 2.26 bits per heavy atom. The van der Waals surface area contributed by atoms with E-state index in [9.17, 15) is 18.0 Å². The fourth-order valence-electron chi connectivity index (χ4n) is 3.33. The van der Waals surface area contributed by atoms with E-state index in [2.05, 4.69) is 5.32 Å². The lowest BCUT2D eigenvalue weighted by Gasteiger charge is -2.37. The largest absolute Gasteiger partial charge is 0.347 e. The number of hydrogen-bond acceptors (Lipinski definition) is 6. The number of benzene rings is 1. The highest BCUT2D eigenvalue weighted by Crippen LogP contribution is 2.31. The van der Waals surface area contributed by atoms with Crippen LogP contribution in [0.3, 0.4) is 0 Å². The maximum Gasteiger partial charge on any atom is 0.223 e. The van der Waals surface area contributed by atoms with Gasteiger partial charge in [-0.15, -0.1) is 0 Å². The first-order chi connectivity index (χ1) is 12.8. The SMILES string of the molecule is CC(=O)Nc1ccc(S(=O)(=O)CCC(=O)N2CCC3(CC2)OCCO3)cc1. The van der Waals surface area contributed by atoms with Crippen LogP contribution in [-0.2, 0) is 28.9 Å². The fourth-order valence-corrected chi connectivity index (χ4v) is 4.56. The number of piperidine rings is 1. The molecule has 1 aromatic rings. The smallest absolute Gasteiger partial charge is 0.223 e. The third-order valence-electron chi connectivity index (χ3n) is 4.81. The van der Waals surface area contributed by atoms with Crippen molar-refractivity contribution in [2.24, 2.45) is 0 Å². The van der Waals surface area contributed by atoms with Gasteiger partial charge < -0.3 is 19.7 Å². The average Bonchev–Trinajstić information content (AvgIpc) is 3.08. The van der Waals surface area contributed by atoms with E-state index >= 15 is 0 Å². The topological polar surface area (TPSA) is 102 Å². The Labute approximate surface area is 158 Å². The van der Waals surface area contributed by atoms with Gasteiger partial charge in [-0.25, -0.2) is 8.42 Å². The fraction of sp³-hybridized carbons (Fsp3) is 0.556. The summed E-state index contributed by atoms with van der Waals surface area (Å²) in [5.74, 6) is -1.22. The van der Waals surface area contributed by atoms with Gasteiger partial charge in [0.1, 0.15) is 0 Å². The van der Waals surface area contributed by atoms with E-state index in [0.29, 0.717) is 44.8 Å². The second-order valence-electron chi connectivity index (χ2n) is 6.76. The normalized spacial score (nSPS) is 19.2. The predicted molar refractivity (Wildman–Crippen MR) is 97.9 cm³/mol. The number of anilines is 1. The number of sulfone groups is 1. The lowest BCUT2D eigenvalue weighted by Crippen LogP contribution is -2.47. The van der Waals surface area contributed by atoms with Gasteiger partial charge in [0, 0.05) is 45.0 Å². The zero-order valence-corrected chi connectivity index (χ0v) is 16.1. The number of ether oxygens (including phenoxy) is 2. The highest BCUT2D eigenvalue weighted by Gasteiger charge is 2.40. The number of hydrogen-bond donors (Lipinski definition) is 1. The Balaban J connectivity index is 1.52. The van der Waals surface area contributed by atoms with Gasteiger partial charge in [-0.2, -0.15) is 0 Å². The van der Waals surface area contributed by atoms with E-state index in [1.165, 1.54) is 31.2 Å². The first kappa shape index (κ1) is 19.8. The van der Waals surface area contributed by atoms with Crippen LogP contribution in [-0.4, -0.2) is 63.0 Å². The lowest BCUT2D eigenvalue weighted by atomic mass is 10.0. The first-order valence-electron chi connectivity index (χ1n) is 8.96. The van der Waals surface area contributed by atoms with Gasteiger partial charge in [0.05, 0.1) is 23.9 Å². The minimum Gasteiger partial charge on any atom is -0.347 e. The quantitative estimate of drug-likeness (QED) is 0.802. The molecule has 0 saturated carbocycles. The van der Waals surface area contributed by atoms with Gasteiger partial charge in [0.25, 0.3) is 0 Å². The van der Waals surface area contributed by atoms with E-state index in [1.807, 2.05) is 0 Å². The second kappa shape index (κ2) is 7.95. The molecule has 27 heavy (non-hydrogen) atoms. The van der Waals surface area contributed by atoms with Crippen LogP contribution in [0.2, 0.25) is 0 Å². The van der Waals surface area contributed by atoms with Crippen LogP contribution in [0.25, 0.3) is 0 Å². The highest BCUT2D eigenvalue weighted by molar-refractivity contribution is 7.91. The summed E-state index contributed by atoms with van der Waals surface area (Å²) >= 11 is 0. The molecule has 0 unspecified atom stereocenters. The predicted octanol–water partition coefficient (Wildman–Crippen LogP) is 1.17. The van der Waals surface area contributed by atoms with Crippen molar-refractivity contribution in [1.82, 2.24) is 4.90 Å². The van der Waals surface area contributed by atoms with Crippen LogP contribution in [0.4, 0.5) is 5.69 Å². The standard InChI is InChI=1S/C18H24N2O6S/c1-14(21)19-15-2-4-16(5-3-15)27(23,24)13-6-17(22)20-9-7-18(8-10-20)25-11-12-26-18/h2-5H,6-13H2,1H3,(H,19,21). The zero-order chi connectivity index (χ0) is 19.5. The van der Waals surface area contributed by atoms with Crippen LogP contribution >= 0.6 is 0 Å². The van der Waals surface area contributed by atoms with Crippen LogP contribution in [0, 0.1) is 0 Å². The minimum atomic E-state index is -3.57. The molecule has 2 heterocycles. The number of nitrogens with one attached hydrogen (secondary N) is 1. The molecule has 2 aliphatic heterocycles. The molecular formula is C18H24N2O6S. The molecule has 8 nitrogen and oxygen atoms in total. The molecule has 2 amide bonds. The molecule has 0 bridgehead atoms. The molecule has 0 aromatic heterocycles. The van der Waals surface area contributed by atoms with Crippen LogP contribution in [0.15, 0.2) is 29.2 Å². The van der Waals surface area contributed by atoms with E-state index < -0.39 is 15.6 Å². The number of carbonyl (C=O) groups excluding carboxylic acids is 2. The second-order valence-corrected chi connectivity index (χ2v) is 8.87. The molecule has 0 atom stereocenters. The van der Waals surface area contributed by atoms with Gasteiger partial charge in [-0.1, -0.05) is 0 Å². The number of rotatable bonds is 5. The van der Waals surface area contributed by atoms with Gasteiger partial charge in [-0.3, -0.25) is 9.59 Å². The zero-order valence-electron chi connectivity index (χ0n) is 15.3. The van der Waals surface area contributed by atoms with Crippen molar-refractivity contribution in [2.75, 3.05) is 37.4 Å². The third-order valence-corrected chi connectivity index (χ3v) is 6.54. The molecule has 0 aliphatic carbocycles. The van der Waals surface area contributed by atoms with Crippen LogP contribution in [0.5, 0.6) is 0 Å². The molecule has 9 heteroatoms. The van der Waals surface area contributed by atoms with E-state index in [4.69, 9.17) is 9.47 Å². The van der Waals surface area contributed by atoms with Gasteiger partial charge >= 0.3 is 0 Å². The monoisotopic (exact) mass is 396 g/mol. The van der Waals surface area contributed by atoms with Gasteiger partial charge in [0.15, 0.2) is 15.6 Å².